The van der Waals surface area contributed by atoms with E-state index < -0.39 is 44.1 Å². The highest BCUT2D eigenvalue weighted by atomic mass is 32.2. The van der Waals surface area contributed by atoms with E-state index in [1.54, 1.807) is 27.7 Å². The lowest BCUT2D eigenvalue weighted by atomic mass is 10.2. The Morgan fingerprint density at radius 2 is 1.59 bits per heavy atom. The molecule has 1 aliphatic heterocycles. The van der Waals surface area contributed by atoms with Crippen LogP contribution in [-0.2, 0) is 37.1 Å². The highest BCUT2D eigenvalue weighted by Crippen LogP contribution is 2.60. The minimum absolute atomic E-state index is 0.0688. The zero-order valence-electron chi connectivity index (χ0n) is 19.4. The first-order valence-electron chi connectivity index (χ1n) is 10.0. The SMILES string of the molecule is CC(C)OP(=O)(OC(C)C)[C@@H]1O[C@H](COS(C)(=O)=O)C[C@H]1O[Si](C)(C)C(C)(C)C. The van der Waals surface area contributed by atoms with E-state index >= 15 is 0 Å². The molecule has 0 aromatic carbocycles. The summed E-state index contributed by atoms with van der Waals surface area (Å²) in [7, 11) is -9.56. The van der Waals surface area contributed by atoms with Gasteiger partial charge in [-0.2, -0.15) is 8.42 Å². The van der Waals surface area contributed by atoms with Crippen LogP contribution in [-0.4, -0.2) is 59.9 Å². The van der Waals surface area contributed by atoms with Crippen LogP contribution in [0.15, 0.2) is 0 Å². The fourth-order valence-corrected chi connectivity index (χ4v) is 6.91. The Hall–Kier alpha value is 0.197. The first kappa shape index (κ1) is 27.2. The molecule has 1 heterocycles. The normalized spacial score (nSPS) is 24.6. The molecule has 174 valence electrons. The van der Waals surface area contributed by atoms with E-state index in [4.69, 9.17) is 22.4 Å². The van der Waals surface area contributed by atoms with E-state index in [1.807, 2.05) is 0 Å². The van der Waals surface area contributed by atoms with Gasteiger partial charge in [-0.25, -0.2) is 0 Å². The van der Waals surface area contributed by atoms with Crippen molar-refractivity contribution in [1.82, 2.24) is 0 Å². The molecule has 0 radical (unpaired) electrons. The van der Waals surface area contributed by atoms with E-state index in [1.165, 1.54) is 0 Å². The summed E-state index contributed by atoms with van der Waals surface area (Å²) >= 11 is 0. The molecule has 1 saturated heterocycles. The van der Waals surface area contributed by atoms with E-state index in [9.17, 15) is 13.0 Å². The van der Waals surface area contributed by atoms with Crippen LogP contribution in [0.4, 0.5) is 0 Å². The molecule has 0 bridgehead atoms. The summed E-state index contributed by atoms with van der Waals surface area (Å²) in [6.07, 6.45) is -0.500. The maximum Gasteiger partial charge on any atom is 0.362 e. The van der Waals surface area contributed by atoms with Gasteiger partial charge < -0.3 is 18.2 Å². The van der Waals surface area contributed by atoms with Crippen LogP contribution < -0.4 is 0 Å². The minimum atomic E-state index is -3.71. The van der Waals surface area contributed by atoms with Crippen molar-refractivity contribution in [3.8, 4) is 0 Å². The first-order chi connectivity index (χ1) is 12.9. The highest BCUT2D eigenvalue weighted by molar-refractivity contribution is 7.85. The zero-order chi connectivity index (χ0) is 22.8. The van der Waals surface area contributed by atoms with Crippen molar-refractivity contribution >= 4 is 26.0 Å². The summed E-state index contributed by atoms with van der Waals surface area (Å²) in [5, 5.41) is -0.0688. The van der Waals surface area contributed by atoms with Crippen molar-refractivity contribution < 1.29 is 35.4 Å². The number of hydrogen-bond acceptors (Lipinski definition) is 8. The third-order valence-electron chi connectivity index (χ3n) is 4.89. The summed E-state index contributed by atoms with van der Waals surface area (Å²) in [6, 6.07) is 0. The number of rotatable bonds is 10. The summed E-state index contributed by atoms with van der Waals surface area (Å²) in [5.74, 6) is -0.949. The topological polar surface area (TPSA) is 97.4 Å². The smallest absolute Gasteiger partial charge is 0.362 e. The molecule has 1 aliphatic rings. The largest absolute Gasteiger partial charge is 0.410 e. The van der Waals surface area contributed by atoms with Gasteiger partial charge in [-0.15, -0.1) is 0 Å². The molecule has 11 heteroatoms. The second kappa shape index (κ2) is 9.77. The molecule has 0 saturated carbocycles. The molecule has 1 rings (SSSR count). The maximum absolute atomic E-state index is 13.7. The van der Waals surface area contributed by atoms with Gasteiger partial charge >= 0.3 is 7.60 Å². The van der Waals surface area contributed by atoms with E-state index in [-0.39, 0.29) is 23.9 Å². The monoisotopic (exact) mass is 474 g/mol. The second-order valence-corrected chi connectivity index (χ2v) is 18.0. The van der Waals surface area contributed by atoms with Crippen molar-refractivity contribution in [3.63, 3.8) is 0 Å². The molecule has 1 fully saturated rings. The lowest BCUT2D eigenvalue weighted by Crippen LogP contribution is -2.46. The molecule has 0 N–H and O–H groups in total. The highest BCUT2D eigenvalue weighted by Gasteiger charge is 2.53. The van der Waals surface area contributed by atoms with Crippen LogP contribution in [0, 0.1) is 0 Å². The zero-order valence-corrected chi connectivity index (χ0v) is 22.1. The van der Waals surface area contributed by atoms with Gasteiger partial charge in [0.1, 0.15) is 0 Å². The predicted molar refractivity (Wildman–Crippen MR) is 116 cm³/mol. The molecule has 8 nitrogen and oxygen atoms in total. The molecule has 0 spiro atoms. The Labute approximate surface area is 177 Å². The predicted octanol–water partition coefficient (Wildman–Crippen LogP) is 4.51. The molecule has 0 unspecified atom stereocenters. The Bertz CT molecular complexity index is 672. The molecular formula is C18H39O8PSSi. The van der Waals surface area contributed by atoms with Gasteiger partial charge in [0.2, 0.25) is 0 Å². The van der Waals surface area contributed by atoms with Gasteiger partial charge in [0.15, 0.2) is 14.2 Å². The van der Waals surface area contributed by atoms with Crippen molar-refractivity contribution in [2.75, 3.05) is 12.9 Å². The second-order valence-electron chi connectivity index (χ2n) is 9.64. The minimum Gasteiger partial charge on any atom is -0.410 e. The summed E-state index contributed by atoms with van der Waals surface area (Å²) in [6.45, 7) is 17.5. The van der Waals surface area contributed by atoms with Crippen molar-refractivity contribution in [2.24, 2.45) is 0 Å². The van der Waals surface area contributed by atoms with Gasteiger partial charge in [0.25, 0.3) is 10.1 Å². The van der Waals surface area contributed by atoms with E-state index in [0.29, 0.717) is 6.42 Å². The van der Waals surface area contributed by atoms with E-state index in [2.05, 4.69) is 33.9 Å². The number of hydrogen-bond donors (Lipinski definition) is 0. The van der Waals surface area contributed by atoms with Crippen molar-refractivity contribution in [3.05, 3.63) is 0 Å². The molecule has 0 aliphatic carbocycles. The third kappa shape index (κ3) is 8.33. The summed E-state index contributed by atoms with van der Waals surface area (Å²) in [5.41, 5.74) is 0. The van der Waals surface area contributed by atoms with Crippen LogP contribution in [0.3, 0.4) is 0 Å². The molecule has 0 aromatic heterocycles. The van der Waals surface area contributed by atoms with Gasteiger partial charge in [-0.05, 0) is 45.8 Å². The van der Waals surface area contributed by atoms with Crippen LogP contribution >= 0.6 is 7.60 Å². The lowest BCUT2D eigenvalue weighted by molar-refractivity contribution is 0.0104. The van der Waals surface area contributed by atoms with Crippen LogP contribution in [0.25, 0.3) is 0 Å². The standard InChI is InChI=1S/C18H39O8PSSi/c1-13(2)24-27(19,25-14(3)4)17-16(26-29(9,10)18(5,6)7)11-15(23-17)12-22-28(8,20)21/h13-17H,11-12H2,1-10H3/t15-,16+,17-/m0/s1. The molecule has 0 amide bonds. The summed E-state index contributed by atoms with van der Waals surface area (Å²) < 4.78 is 65.4. The fraction of sp³-hybridized carbons (Fsp3) is 1.00. The Balaban J connectivity index is 3.21. The van der Waals surface area contributed by atoms with Gasteiger partial charge in [0, 0.05) is 6.42 Å². The molecule has 3 atom stereocenters. The average Bonchev–Trinajstić information content (AvgIpc) is 2.84. The van der Waals surface area contributed by atoms with Crippen LogP contribution in [0.2, 0.25) is 18.1 Å². The van der Waals surface area contributed by atoms with Crippen molar-refractivity contribution in [2.45, 2.75) is 103 Å². The van der Waals surface area contributed by atoms with E-state index in [0.717, 1.165) is 6.26 Å². The summed E-state index contributed by atoms with van der Waals surface area (Å²) in [4.78, 5) is 0. The van der Waals surface area contributed by atoms with Gasteiger partial charge in [-0.1, -0.05) is 20.8 Å². The Kier molecular flexibility index (Phi) is 9.18. The Morgan fingerprint density at radius 1 is 1.10 bits per heavy atom. The molecule has 0 aromatic rings. The average molecular weight is 475 g/mol. The quantitative estimate of drug-likeness (QED) is 0.259. The van der Waals surface area contributed by atoms with Gasteiger partial charge in [0.05, 0.1) is 37.3 Å². The Morgan fingerprint density at radius 3 is 1.97 bits per heavy atom. The molecule has 29 heavy (non-hydrogen) atoms. The van der Waals surface area contributed by atoms with Crippen molar-refractivity contribution in [1.29, 1.82) is 0 Å². The fourth-order valence-electron chi connectivity index (χ4n) is 2.69. The first-order valence-corrected chi connectivity index (χ1v) is 16.3. The van der Waals surface area contributed by atoms with Gasteiger partial charge in [-0.3, -0.25) is 8.75 Å². The van der Waals surface area contributed by atoms with Crippen LogP contribution in [0.5, 0.6) is 0 Å². The van der Waals surface area contributed by atoms with Crippen LogP contribution in [0.1, 0.15) is 54.9 Å². The lowest BCUT2D eigenvalue weighted by Gasteiger charge is -2.40. The molecular weight excluding hydrogens is 435 g/mol. The number of ether oxygens (including phenoxy) is 1. The maximum atomic E-state index is 13.7. The third-order valence-corrected chi connectivity index (χ3v) is 12.5.